The molecule has 2 aromatic rings. The monoisotopic (exact) mass is 341 g/mol. The van der Waals surface area contributed by atoms with E-state index in [2.05, 4.69) is 5.32 Å². The molecule has 2 heterocycles. The van der Waals surface area contributed by atoms with E-state index >= 15 is 0 Å². The van der Waals surface area contributed by atoms with Gasteiger partial charge in [-0.2, -0.15) is 0 Å². The van der Waals surface area contributed by atoms with E-state index in [0.29, 0.717) is 0 Å². The first-order valence-electron chi connectivity index (χ1n) is 13.1. The van der Waals surface area contributed by atoms with Crippen molar-refractivity contribution in [2.75, 3.05) is 26.4 Å². The van der Waals surface area contributed by atoms with Crippen LogP contribution in [0, 0.1) is 11.7 Å². The number of benzene rings is 2. The highest BCUT2D eigenvalue weighted by molar-refractivity contribution is 5.46. The minimum Gasteiger partial charge on any atom is -0.493 e. The van der Waals surface area contributed by atoms with Crippen LogP contribution in [0.1, 0.15) is 34.3 Å². The van der Waals surface area contributed by atoms with Gasteiger partial charge in [-0.05, 0) is 48.6 Å². The van der Waals surface area contributed by atoms with E-state index in [0.717, 1.165) is 6.07 Å². The maximum Gasteiger partial charge on any atom is 0.231 e. The maximum absolute atomic E-state index is 14.2. The lowest BCUT2D eigenvalue weighted by atomic mass is 9.81. The number of ether oxygens (including phenoxy) is 3. The summed E-state index contributed by atoms with van der Waals surface area (Å²) in [7, 11) is 0. The SMILES string of the molecule is [2H]c1c([2H])c([C@]2([2H])C([2H])([2H])CNCC2([2H])C([2H])([2H])Oc2ccc3c(c2)OC([2H])([2H])O3)c([2H])c([2H])c1F. The third-order valence-electron chi connectivity index (χ3n) is 3.35. The normalized spacial score (nSPS) is 40.5. The first-order chi connectivity index (χ1) is 16.4. The molecule has 24 heavy (non-hydrogen) atoms. The van der Waals surface area contributed by atoms with Crippen molar-refractivity contribution >= 4 is 0 Å². The summed E-state index contributed by atoms with van der Waals surface area (Å²) < 4.78 is 129. The zero-order valence-electron chi connectivity index (χ0n) is 24.2. The average Bonchev–Trinajstić information content (AvgIpc) is 3.07. The first-order valence-corrected chi connectivity index (χ1v) is 7.07. The van der Waals surface area contributed by atoms with Gasteiger partial charge in [-0.15, -0.1) is 0 Å². The molecule has 1 unspecified atom stereocenters. The van der Waals surface area contributed by atoms with Crippen molar-refractivity contribution in [1.82, 2.24) is 5.32 Å². The van der Waals surface area contributed by atoms with E-state index in [4.69, 9.17) is 30.7 Å². The van der Waals surface area contributed by atoms with Crippen molar-refractivity contribution in [2.24, 2.45) is 5.89 Å². The van der Waals surface area contributed by atoms with Crippen LogP contribution in [0.3, 0.4) is 0 Å². The molecule has 0 bridgehead atoms. The van der Waals surface area contributed by atoms with Crippen molar-refractivity contribution in [3.8, 4) is 17.2 Å². The summed E-state index contributed by atoms with van der Waals surface area (Å²) in [5, 5.41) is 2.53. The third-order valence-corrected chi connectivity index (χ3v) is 3.35. The Morgan fingerprint density at radius 1 is 1.33 bits per heavy atom. The zero-order chi connectivity index (χ0) is 27.1. The van der Waals surface area contributed by atoms with Gasteiger partial charge in [0.1, 0.15) is 14.3 Å². The molecule has 5 heteroatoms. The number of hydrogen-bond donors (Lipinski definition) is 1. The second-order valence-electron chi connectivity index (χ2n) is 4.92. The van der Waals surface area contributed by atoms with Gasteiger partial charge >= 0.3 is 0 Å². The number of fused-ring (bicyclic) bond motifs is 1. The number of hydrogen-bond acceptors (Lipinski definition) is 4. The fraction of sp³-hybridized carbons (Fsp3) is 0.368. The molecule has 1 N–H and O–H groups in total. The van der Waals surface area contributed by atoms with E-state index in [1.54, 1.807) is 0 Å². The number of rotatable bonds is 4. The summed E-state index contributed by atoms with van der Waals surface area (Å²) in [5.41, 5.74) is -0.980. The van der Waals surface area contributed by atoms with Crippen LogP contribution >= 0.6 is 0 Å². The summed E-state index contributed by atoms with van der Waals surface area (Å²) in [4.78, 5) is 0. The van der Waals surface area contributed by atoms with Crippen molar-refractivity contribution in [3.05, 3.63) is 53.7 Å². The molecular formula is C19H20FNO3. The number of nitrogens with one attached hydrogen (secondary N) is 1. The van der Waals surface area contributed by atoms with Crippen LogP contribution in [-0.2, 0) is 0 Å². The topological polar surface area (TPSA) is 39.7 Å². The second-order valence-corrected chi connectivity index (χ2v) is 4.92. The first kappa shape index (κ1) is 6.92. The van der Waals surface area contributed by atoms with E-state index in [1.807, 2.05) is 0 Å². The molecule has 0 aromatic heterocycles. The predicted molar refractivity (Wildman–Crippen MR) is 88.2 cm³/mol. The molecule has 0 saturated carbocycles. The molecule has 0 radical (unpaired) electrons. The van der Waals surface area contributed by atoms with Crippen molar-refractivity contribution in [1.29, 1.82) is 0 Å². The molecule has 0 spiro atoms. The van der Waals surface area contributed by atoms with Gasteiger partial charge < -0.3 is 19.5 Å². The van der Waals surface area contributed by atoms with Crippen LogP contribution in [0.4, 0.5) is 4.39 Å². The van der Waals surface area contributed by atoms with Crippen LogP contribution in [0.15, 0.2) is 42.4 Å². The molecule has 0 aliphatic carbocycles. The lowest BCUT2D eigenvalue weighted by Crippen LogP contribution is -2.38. The van der Waals surface area contributed by atoms with E-state index in [9.17, 15) is 4.39 Å². The largest absolute Gasteiger partial charge is 0.493 e. The Kier molecular flexibility index (Phi) is 1.93. The van der Waals surface area contributed by atoms with Crippen LogP contribution < -0.4 is 19.5 Å². The molecule has 2 atom stereocenters. The Morgan fingerprint density at radius 3 is 3.04 bits per heavy atom. The van der Waals surface area contributed by atoms with E-state index < -0.39 is 80.1 Å². The minimum absolute atomic E-state index is 0.00559. The van der Waals surface area contributed by atoms with Crippen molar-refractivity contribution in [2.45, 2.75) is 12.3 Å². The lowest BCUT2D eigenvalue weighted by Gasteiger charge is -2.32. The van der Waals surface area contributed by atoms with Gasteiger partial charge in [-0.1, -0.05) is 12.1 Å². The van der Waals surface area contributed by atoms with Crippen molar-refractivity contribution in [3.63, 3.8) is 0 Å². The molecule has 1 saturated heterocycles. The van der Waals surface area contributed by atoms with Gasteiger partial charge in [-0.25, -0.2) is 4.39 Å². The van der Waals surface area contributed by atoms with Gasteiger partial charge in [0, 0.05) is 24.0 Å². The van der Waals surface area contributed by atoms with Crippen LogP contribution in [-0.4, -0.2) is 26.4 Å². The molecule has 4 rings (SSSR count). The van der Waals surface area contributed by atoms with E-state index in [-0.39, 0.29) is 17.2 Å². The highest BCUT2D eigenvalue weighted by atomic mass is 19.1. The molecule has 2 aliphatic heterocycles. The van der Waals surface area contributed by atoms with Gasteiger partial charge in [0.05, 0.1) is 14.8 Å². The Labute approximate surface area is 157 Å². The maximum atomic E-state index is 14.2. The molecule has 1 fully saturated rings. The molecule has 2 aromatic carbocycles. The summed E-state index contributed by atoms with van der Waals surface area (Å²) in [5.74, 6) is -8.06. The Balaban J connectivity index is 1.87. The van der Waals surface area contributed by atoms with Gasteiger partial charge in [0.15, 0.2) is 11.5 Å². The third kappa shape index (κ3) is 3.17. The minimum atomic E-state index is -3.24. The van der Waals surface area contributed by atoms with Gasteiger partial charge in [0.2, 0.25) is 6.75 Å². The van der Waals surface area contributed by atoms with Crippen LogP contribution in [0.5, 0.6) is 17.2 Å². The van der Waals surface area contributed by atoms with Crippen LogP contribution in [0.2, 0.25) is 0 Å². The molecule has 2 aliphatic rings. The smallest absolute Gasteiger partial charge is 0.231 e. The Hall–Kier alpha value is -2.27. The predicted octanol–water partition coefficient (Wildman–Crippen LogP) is 3.33. The second kappa shape index (κ2) is 6.69. The number of halogens is 1. The Morgan fingerprint density at radius 2 is 2.17 bits per heavy atom. The fourth-order valence-corrected chi connectivity index (χ4v) is 2.23. The van der Waals surface area contributed by atoms with Gasteiger partial charge in [0.25, 0.3) is 0 Å². The molecule has 0 amide bonds. The summed E-state index contributed by atoms with van der Waals surface area (Å²) in [6, 6.07) is -1.10. The Bertz CT molecular complexity index is 1220. The molecule has 126 valence electrons. The average molecular weight is 341 g/mol. The standard InChI is InChI=1S/C19H20FNO3/c20-15-3-1-13(2-4-15)17-7-8-21-10-14(17)11-22-16-5-6-18-19(9-16)24-12-23-18/h1-6,9,14,17,21H,7-8,10-12H2/t14?,17-/m0/s1/i1D,2D,3D,4D,7D2,11D2,12D2,14D,17D. The quantitative estimate of drug-likeness (QED) is 0.926. The zero-order valence-corrected chi connectivity index (χ0v) is 12.2. The highest BCUT2D eigenvalue weighted by Gasteiger charge is 2.27. The summed E-state index contributed by atoms with van der Waals surface area (Å²) in [6.45, 7) is -7.04. The summed E-state index contributed by atoms with van der Waals surface area (Å²) >= 11 is 0. The van der Waals surface area contributed by atoms with Crippen molar-refractivity contribution < 1.29 is 35.1 Å². The molecule has 4 nitrogen and oxygen atoms in total. The lowest BCUT2D eigenvalue weighted by molar-refractivity contribution is 0.173. The van der Waals surface area contributed by atoms with Gasteiger partial charge in [-0.3, -0.25) is 0 Å². The van der Waals surface area contributed by atoms with E-state index in [1.165, 1.54) is 12.1 Å². The highest BCUT2D eigenvalue weighted by Crippen LogP contribution is 2.36. The number of piperidine rings is 1. The van der Waals surface area contributed by atoms with Crippen LogP contribution in [0.25, 0.3) is 0 Å². The molecular weight excluding hydrogens is 309 g/mol. The summed E-state index contributed by atoms with van der Waals surface area (Å²) in [6.07, 6.45) is -2.85. The fourth-order valence-electron chi connectivity index (χ4n) is 2.23.